The van der Waals surface area contributed by atoms with E-state index in [0.29, 0.717) is 11.8 Å². The molecule has 2 heterocycles. The van der Waals surface area contributed by atoms with Gasteiger partial charge in [0.05, 0.1) is 5.75 Å². The molecular formula is C20H24N4OS. The summed E-state index contributed by atoms with van der Waals surface area (Å²) in [6.45, 7) is 8.33. The first-order valence-corrected chi connectivity index (χ1v) is 9.68. The van der Waals surface area contributed by atoms with Crippen molar-refractivity contribution in [2.45, 2.75) is 38.9 Å². The Balaban J connectivity index is 1.75. The zero-order valence-electron chi connectivity index (χ0n) is 15.9. The summed E-state index contributed by atoms with van der Waals surface area (Å²) in [7, 11) is 1.93. The molecule has 5 nitrogen and oxygen atoms in total. The van der Waals surface area contributed by atoms with E-state index in [2.05, 4.69) is 28.6 Å². The Morgan fingerprint density at radius 2 is 1.85 bits per heavy atom. The van der Waals surface area contributed by atoms with Gasteiger partial charge in [-0.2, -0.15) is 0 Å². The molecule has 6 heteroatoms. The topological polar surface area (TPSA) is 52.7 Å². The summed E-state index contributed by atoms with van der Waals surface area (Å²) in [6, 6.07) is 12.3. The standard InChI is InChI=1S/C20H24N4OS/c1-13(2)24-14(3)11-17(15(24)4)18(25)12-26-20-22-21-19(23(20)5)16-9-7-6-8-10-16/h6-11,13H,12H2,1-5H3. The van der Waals surface area contributed by atoms with Crippen molar-refractivity contribution in [3.63, 3.8) is 0 Å². The Bertz CT molecular complexity index is 925. The first-order valence-electron chi connectivity index (χ1n) is 8.69. The number of nitrogens with zero attached hydrogens (tertiary/aromatic N) is 4. The minimum atomic E-state index is 0.124. The molecule has 0 aliphatic carbocycles. The van der Waals surface area contributed by atoms with Gasteiger partial charge in [-0.15, -0.1) is 10.2 Å². The largest absolute Gasteiger partial charge is 0.346 e. The predicted molar refractivity (Wildman–Crippen MR) is 106 cm³/mol. The maximum atomic E-state index is 12.7. The van der Waals surface area contributed by atoms with Crippen molar-refractivity contribution in [2.75, 3.05) is 5.75 Å². The van der Waals surface area contributed by atoms with Crippen molar-refractivity contribution < 1.29 is 4.79 Å². The van der Waals surface area contributed by atoms with Crippen molar-refractivity contribution in [2.24, 2.45) is 7.05 Å². The summed E-state index contributed by atoms with van der Waals surface area (Å²) in [5.41, 5.74) is 3.97. The molecule has 2 aromatic heterocycles. The van der Waals surface area contributed by atoms with Gasteiger partial charge in [-0.3, -0.25) is 4.79 Å². The summed E-state index contributed by atoms with van der Waals surface area (Å²) < 4.78 is 4.14. The van der Waals surface area contributed by atoms with Crippen LogP contribution in [0.5, 0.6) is 0 Å². The van der Waals surface area contributed by atoms with Gasteiger partial charge in [0.2, 0.25) is 0 Å². The van der Waals surface area contributed by atoms with Gasteiger partial charge in [0.1, 0.15) is 0 Å². The predicted octanol–water partition coefficient (Wildman–Crippen LogP) is 4.46. The van der Waals surface area contributed by atoms with Crippen molar-refractivity contribution in [1.29, 1.82) is 0 Å². The van der Waals surface area contributed by atoms with Crippen molar-refractivity contribution in [1.82, 2.24) is 19.3 Å². The molecule has 0 aliphatic rings. The number of aryl methyl sites for hydroxylation is 1. The number of carbonyl (C=O) groups is 1. The maximum Gasteiger partial charge on any atom is 0.191 e. The van der Waals surface area contributed by atoms with E-state index in [1.807, 2.05) is 61.9 Å². The van der Waals surface area contributed by atoms with Crippen LogP contribution in [0.2, 0.25) is 0 Å². The Morgan fingerprint density at radius 1 is 1.15 bits per heavy atom. The molecule has 0 radical (unpaired) electrons. The van der Waals surface area contributed by atoms with E-state index in [-0.39, 0.29) is 5.78 Å². The Morgan fingerprint density at radius 3 is 2.46 bits per heavy atom. The zero-order chi connectivity index (χ0) is 18.8. The molecule has 3 rings (SSSR count). The smallest absolute Gasteiger partial charge is 0.191 e. The Labute approximate surface area is 158 Å². The van der Waals surface area contributed by atoms with Crippen LogP contribution >= 0.6 is 11.8 Å². The van der Waals surface area contributed by atoms with Crippen LogP contribution in [0.4, 0.5) is 0 Å². The van der Waals surface area contributed by atoms with Crippen LogP contribution in [0.15, 0.2) is 41.6 Å². The zero-order valence-corrected chi connectivity index (χ0v) is 16.7. The van der Waals surface area contributed by atoms with Crippen LogP contribution in [0, 0.1) is 13.8 Å². The lowest BCUT2D eigenvalue weighted by Crippen LogP contribution is -2.08. The molecule has 0 amide bonds. The van der Waals surface area contributed by atoms with Gasteiger partial charge < -0.3 is 9.13 Å². The number of Topliss-reactive ketones (excluding diaryl/α,β-unsaturated/α-hetero) is 1. The molecule has 1 aromatic carbocycles. The van der Waals surface area contributed by atoms with Crippen LogP contribution < -0.4 is 0 Å². The third kappa shape index (κ3) is 3.46. The third-order valence-corrected chi connectivity index (χ3v) is 5.52. The quantitative estimate of drug-likeness (QED) is 0.476. The lowest BCUT2D eigenvalue weighted by Gasteiger charge is -2.13. The molecule has 0 N–H and O–H groups in total. The van der Waals surface area contributed by atoms with Gasteiger partial charge in [0, 0.05) is 35.6 Å². The second kappa shape index (κ2) is 7.50. The van der Waals surface area contributed by atoms with E-state index >= 15 is 0 Å². The lowest BCUT2D eigenvalue weighted by molar-refractivity contribution is 0.102. The van der Waals surface area contributed by atoms with Crippen LogP contribution in [0.3, 0.4) is 0 Å². The monoisotopic (exact) mass is 368 g/mol. The molecule has 0 saturated heterocycles. The maximum absolute atomic E-state index is 12.7. The molecule has 0 atom stereocenters. The summed E-state index contributed by atoms with van der Waals surface area (Å²) in [5, 5.41) is 9.27. The van der Waals surface area contributed by atoms with Gasteiger partial charge in [-0.25, -0.2) is 0 Å². The summed E-state index contributed by atoms with van der Waals surface area (Å²) in [4.78, 5) is 12.7. The van der Waals surface area contributed by atoms with Gasteiger partial charge in [-0.05, 0) is 33.8 Å². The second-order valence-electron chi connectivity index (χ2n) is 6.69. The Kier molecular flexibility index (Phi) is 5.32. The van der Waals surface area contributed by atoms with Gasteiger partial charge in [0.25, 0.3) is 0 Å². The Hall–Kier alpha value is -2.34. The van der Waals surface area contributed by atoms with Crippen molar-refractivity contribution >= 4 is 17.5 Å². The number of aromatic nitrogens is 4. The fourth-order valence-corrected chi connectivity index (χ4v) is 4.14. The average molecular weight is 369 g/mol. The molecule has 0 bridgehead atoms. The first kappa shape index (κ1) is 18.5. The fourth-order valence-electron chi connectivity index (χ4n) is 3.34. The van der Waals surface area contributed by atoms with Crippen molar-refractivity contribution in [3.8, 4) is 11.4 Å². The molecule has 0 unspecified atom stereocenters. The minimum absolute atomic E-state index is 0.124. The highest BCUT2D eigenvalue weighted by Crippen LogP contribution is 2.25. The highest BCUT2D eigenvalue weighted by Gasteiger charge is 2.19. The molecule has 0 aliphatic heterocycles. The highest BCUT2D eigenvalue weighted by molar-refractivity contribution is 7.99. The first-order chi connectivity index (χ1) is 12.4. The third-order valence-electron chi connectivity index (χ3n) is 4.50. The van der Waals surface area contributed by atoms with E-state index < -0.39 is 0 Å². The van der Waals surface area contributed by atoms with E-state index in [4.69, 9.17) is 0 Å². The molecule has 26 heavy (non-hydrogen) atoms. The lowest BCUT2D eigenvalue weighted by atomic mass is 10.2. The van der Waals surface area contributed by atoms with Crippen LogP contribution in [0.1, 0.15) is 41.6 Å². The minimum Gasteiger partial charge on any atom is -0.346 e. The summed E-state index contributed by atoms with van der Waals surface area (Å²) >= 11 is 1.43. The summed E-state index contributed by atoms with van der Waals surface area (Å²) in [5.74, 6) is 1.28. The van der Waals surface area contributed by atoms with Crippen LogP contribution in [-0.4, -0.2) is 30.9 Å². The number of hydrogen-bond donors (Lipinski definition) is 0. The van der Waals surface area contributed by atoms with Crippen molar-refractivity contribution in [3.05, 3.63) is 53.3 Å². The van der Waals surface area contributed by atoms with Gasteiger partial charge >= 0.3 is 0 Å². The molecule has 0 spiro atoms. The fraction of sp³-hybridized carbons (Fsp3) is 0.350. The van der Waals surface area contributed by atoms with E-state index in [1.165, 1.54) is 11.8 Å². The van der Waals surface area contributed by atoms with Crippen LogP contribution in [0.25, 0.3) is 11.4 Å². The SMILES string of the molecule is Cc1cc(C(=O)CSc2nnc(-c3ccccc3)n2C)c(C)n1C(C)C. The molecule has 0 saturated carbocycles. The van der Waals surface area contributed by atoms with E-state index in [9.17, 15) is 4.79 Å². The number of carbonyl (C=O) groups excluding carboxylic acids is 1. The number of rotatable bonds is 6. The molecule has 0 fully saturated rings. The number of ketones is 1. The second-order valence-corrected chi connectivity index (χ2v) is 7.63. The number of benzene rings is 1. The van der Waals surface area contributed by atoms with Gasteiger partial charge in [-0.1, -0.05) is 42.1 Å². The number of thioether (sulfide) groups is 1. The molecule has 3 aromatic rings. The molecular weight excluding hydrogens is 344 g/mol. The van der Waals surface area contributed by atoms with Gasteiger partial charge in [0.15, 0.2) is 16.8 Å². The van der Waals surface area contributed by atoms with Crippen LogP contribution in [-0.2, 0) is 7.05 Å². The highest BCUT2D eigenvalue weighted by atomic mass is 32.2. The molecule has 136 valence electrons. The summed E-state index contributed by atoms with van der Waals surface area (Å²) in [6.07, 6.45) is 0. The normalized spacial score (nSPS) is 11.3. The van der Waals surface area contributed by atoms with E-state index in [0.717, 1.165) is 33.5 Å². The average Bonchev–Trinajstić information content (AvgIpc) is 3.13. The number of hydrogen-bond acceptors (Lipinski definition) is 4. The van der Waals surface area contributed by atoms with E-state index in [1.54, 1.807) is 0 Å².